The second kappa shape index (κ2) is 8.77. The van der Waals surface area contributed by atoms with E-state index in [2.05, 4.69) is 17.3 Å². The number of hydrogen-bond acceptors (Lipinski definition) is 5. The Balaban J connectivity index is 1.82. The third kappa shape index (κ3) is 3.69. The van der Waals surface area contributed by atoms with Crippen molar-refractivity contribution < 1.29 is 13.6 Å². The van der Waals surface area contributed by atoms with Crippen LogP contribution >= 0.6 is 23.1 Å². The molecule has 30 heavy (non-hydrogen) atoms. The molecule has 4 rings (SSSR count). The Morgan fingerprint density at radius 1 is 1.27 bits per heavy atom. The molecule has 2 aliphatic rings. The number of aryl methyl sites for hydroxylation is 1. The number of nitrogens with zero attached hydrogens (tertiary/aromatic N) is 2. The standard InChI is InChI=1S/C22H25F2N3OS2/c1-3-19-17(9-12-29-19)22(4-2)27(21(28)14-7-10-25-11-8-14)26-20(30-22)16-13-15(23)5-6-18(16)24/h5-6,9,12-14,25H,3-4,7-8,10-11H2,1-2H3. The van der Waals surface area contributed by atoms with Crippen LogP contribution in [0.1, 0.15) is 49.1 Å². The smallest absolute Gasteiger partial charge is 0.247 e. The van der Waals surface area contributed by atoms with Gasteiger partial charge in [0.2, 0.25) is 5.91 Å². The van der Waals surface area contributed by atoms with Gasteiger partial charge in [-0.25, -0.2) is 13.8 Å². The summed E-state index contributed by atoms with van der Waals surface area (Å²) in [5.41, 5.74) is 1.15. The number of thiophene rings is 1. The number of rotatable bonds is 5. The lowest BCUT2D eigenvalue weighted by Gasteiger charge is -2.37. The zero-order chi connectivity index (χ0) is 21.3. The molecule has 1 saturated heterocycles. The van der Waals surface area contributed by atoms with Crippen molar-refractivity contribution in [3.05, 3.63) is 57.3 Å². The maximum atomic E-state index is 14.6. The SMILES string of the molecule is CCc1sccc1C1(CC)SC(c2cc(F)ccc2F)=NN1C(=O)C1CCNCC1. The largest absolute Gasteiger partial charge is 0.317 e. The first-order valence-corrected chi connectivity index (χ1v) is 12.0. The molecule has 1 unspecified atom stereocenters. The predicted molar refractivity (Wildman–Crippen MR) is 119 cm³/mol. The Bertz CT molecular complexity index is 971. The number of thioether (sulfide) groups is 1. The number of piperidine rings is 1. The highest BCUT2D eigenvalue weighted by atomic mass is 32.2. The van der Waals surface area contributed by atoms with Crippen molar-refractivity contribution in [1.82, 2.24) is 10.3 Å². The molecule has 0 spiro atoms. The van der Waals surface area contributed by atoms with E-state index < -0.39 is 16.5 Å². The molecule has 160 valence electrons. The van der Waals surface area contributed by atoms with Crippen molar-refractivity contribution in [2.24, 2.45) is 11.0 Å². The first-order valence-electron chi connectivity index (χ1n) is 10.3. The molecule has 0 aliphatic carbocycles. The van der Waals surface area contributed by atoms with Gasteiger partial charge in [-0.2, -0.15) is 5.10 Å². The number of halogens is 2. The fourth-order valence-electron chi connectivity index (χ4n) is 4.18. The number of hydrogen-bond donors (Lipinski definition) is 1. The Morgan fingerprint density at radius 2 is 2.03 bits per heavy atom. The summed E-state index contributed by atoms with van der Waals surface area (Å²) in [5, 5.41) is 11.9. The predicted octanol–water partition coefficient (Wildman–Crippen LogP) is 5.09. The summed E-state index contributed by atoms with van der Waals surface area (Å²) in [7, 11) is 0. The van der Waals surface area contributed by atoms with Gasteiger partial charge in [-0.3, -0.25) is 4.79 Å². The highest BCUT2D eigenvalue weighted by molar-refractivity contribution is 8.15. The van der Waals surface area contributed by atoms with Crippen molar-refractivity contribution in [3.8, 4) is 0 Å². The van der Waals surface area contributed by atoms with Crippen molar-refractivity contribution in [3.63, 3.8) is 0 Å². The maximum Gasteiger partial charge on any atom is 0.247 e. The fraction of sp³-hybridized carbons (Fsp3) is 0.455. The first kappa shape index (κ1) is 21.5. The summed E-state index contributed by atoms with van der Waals surface area (Å²) in [6.45, 7) is 5.70. The van der Waals surface area contributed by atoms with Gasteiger partial charge in [-0.15, -0.1) is 11.3 Å². The van der Waals surface area contributed by atoms with E-state index in [4.69, 9.17) is 0 Å². The monoisotopic (exact) mass is 449 g/mol. The van der Waals surface area contributed by atoms with Crippen LogP contribution in [-0.4, -0.2) is 29.0 Å². The van der Waals surface area contributed by atoms with Crippen molar-refractivity contribution in [1.29, 1.82) is 0 Å². The minimum atomic E-state index is -0.749. The van der Waals surface area contributed by atoms with Crippen LogP contribution in [0.2, 0.25) is 0 Å². The number of benzene rings is 1. The van der Waals surface area contributed by atoms with E-state index in [-0.39, 0.29) is 17.4 Å². The quantitative estimate of drug-likeness (QED) is 0.692. The van der Waals surface area contributed by atoms with Crippen LogP contribution in [-0.2, 0) is 16.1 Å². The van der Waals surface area contributed by atoms with E-state index in [1.807, 2.05) is 18.4 Å². The summed E-state index contributed by atoms with van der Waals surface area (Å²) in [5.74, 6) is -1.22. The maximum absolute atomic E-state index is 14.6. The lowest BCUT2D eigenvalue weighted by molar-refractivity contribution is -0.140. The molecule has 3 heterocycles. The van der Waals surface area contributed by atoms with E-state index >= 15 is 0 Å². The summed E-state index contributed by atoms with van der Waals surface area (Å²) in [6, 6.07) is 5.41. The second-order valence-electron chi connectivity index (χ2n) is 7.55. The number of amides is 1. The minimum absolute atomic E-state index is 0.0362. The van der Waals surface area contributed by atoms with E-state index in [9.17, 15) is 13.6 Å². The average Bonchev–Trinajstić information content (AvgIpc) is 3.40. The van der Waals surface area contributed by atoms with Gasteiger partial charge in [-0.05, 0) is 68.4 Å². The van der Waals surface area contributed by atoms with Gasteiger partial charge >= 0.3 is 0 Å². The molecule has 1 aromatic heterocycles. The zero-order valence-electron chi connectivity index (χ0n) is 17.1. The molecule has 1 N–H and O–H groups in total. The van der Waals surface area contributed by atoms with Crippen LogP contribution in [0, 0.1) is 17.6 Å². The highest BCUT2D eigenvalue weighted by Crippen LogP contribution is 2.52. The molecule has 1 fully saturated rings. The molecule has 1 atom stereocenters. The summed E-state index contributed by atoms with van der Waals surface area (Å²) < 4.78 is 28.5. The van der Waals surface area contributed by atoms with Gasteiger partial charge in [0.15, 0.2) is 0 Å². The van der Waals surface area contributed by atoms with Crippen LogP contribution in [0.15, 0.2) is 34.7 Å². The Hall–Kier alpha value is -1.77. The molecule has 2 aromatic rings. The molecule has 1 aromatic carbocycles. The van der Waals surface area contributed by atoms with Crippen LogP contribution in [0.5, 0.6) is 0 Å². The fourth-order valence-corrected chi connectivity index (χ4v) is 6.51. The Kier molecular flexibility index (Phi) is 6.27. The van der Waals surface area contributed by atoms with Gasteiger partial charge in [0.25, 0.3) is 0 Å². The molecule has 4 nitrogen and oxygen atoms in total. The average molecular weight is 450 g/mol. The highest BCUT2D eigenvalue weighted by Gasteiger charge is 2.50. The van der Waals surface area contributed by atoms with Crippen molar-refractivity contribution >= 4 is 34.0 Å². The molecule has 0 bridgehead atoms. The molecule has 0 radical (unpaired) electrons. The number of carbonyl (C=O) groups excluding carboxylic acids is 1. The first-order chi connectivity index (χ1) is 14.5. The molecular weight excluding hydrogens is 424 g/mol. The van der Waals surface area contributed by atoms with Gasteiger partial charge < -0.3 is 5.32 Å². The van der Waals surface area contributed by atoms with Gasteiger partial charge in [0.05, 0.1) is 0 Å². The molecule has 8 heteroatoms. The third-order valence-corrected chi connectivity index (χ3v) is 8.40. The number of nitrogens with one attached hydrogen (secondary N) is 1. The Morgan fingerprint density at radius 3 is 2.73 bits per heavy atom. The van der Waals surface area contributed by atoms with Crippen LogP contribution in [0.3, 0.4) is 0 Å². The summed E-state index contributed by atoms with van der Waals surface area (Å²) in [6.07, 6.45) is 2.96. The van der Waals surface area contributed by atoms with Gasteiger partial charge in [-0.1, -0.05) is 25.6 Å². The Labute approximate surface area is 183 Å². The van der Waals surface area contributed by atoms with E-state index in [1.165, 1.54) is 16.6 Å². The normalized spacial score (nSPS) is 22.4. The molecule has 0 saturated carbocycles. The number of hydrazone groups is 1. The lowest BCUT2D eigenvalue weighted by atomic mass is 9.95. The van der Waals surface area contributed by atoms with Crippen LogP contribution in [0.25, 0.3) is 0 Å². The number of carbonyl (C=O) groups is 1. The van der Waals surface area contributed by atoms with Gasteiger partial charge in [0, 0.05) is 21.9 Å². The topological polar surface area (TPSA) is 44.7 Å². The lowest BCUT2D eigenvalue weighted by Crippen LogP contribution is -2.46. The van der Waals surface area contributed by atoms with E-state index in [1.54, 1.807) is 16.3 Å². The van der Waals surface area contributed by atoms with Crippen molar-refractivity contribution in [2.45, 2.75) is 44.4 Å². The third-order valence-electron chi connectivity index (χ3n) is 5.82. The van der Waals surface area contributed by atoms with E-state index in [0.717, 1.165) is 56.1 Å². The zero-order valence-corrected chi connectivity index (χ0v) is 18.7. The molecular formula is C22H25F2N3OS2. The minimum Gasteiger partial charge on any atom is -0.317 e. The molecule has 2 aliphatic heterocycles. The summed E-state index contributed by atoms with van der Waals surface area (Å²) in [4.78, 5) is 14.0. The van der Waals surface area contributed by atoms with Crippen LogP contribution in [0.4, 0.5) is 8.78 Å². The molecule has 1 amide bonds. The van der Waals surface area contributed by atoms with Crippen LogP contribution < -0.4 is 5.32 Å². The summed E-state index contributed by atoms with van der Waals surface area (Å²) >= 11 is 3.02. The second-order valence-corrected chi connectivity index (χ2v) is 9.82. The van der Waals surface area contributed by atoms with Crippen molar-refractivity contribution in [2.75, 3.05) is 13.1 Å². The van der Waals surface area contributed by atoms with E-state index in [0.29, 0.717) is 11.5 Å². The van der Waals surface area contributed by atoms with Gasteiger partial charge in [0.1, 0.15) is 21.5 Å².